The third kappa shape index (κ3) is 10.1. The third-order valence-electron chi connectivity index (χ3n) is 4.74. The molecule has 2 N–H and O–H groups in total. The van der Waals surface area contributed by atoms with Gasteiger partial charge in [-0.2, -0.15) is 0 Å². The molecule has 1 aromatic rings. The minimum absolute atomic E-state index is 0.300. The predicted molar refractivity (Wildman–Crippen MR) is 111 cm³/mol. The Morgan fingerprint density at radius 2 is 1.58 bits per heavy atom. The van der Waals surface area contributed by atoms with Crippen LogP contribution in [0.1, 0.15) is 83.6 Å². The van der Waals surface area contributed by atoms with Crippen LogP contribution in [0.25, 0.3) is 0 Å². The van der Waals surface area contributed by atoms with Crippen molar-refractivity contribution in [3.05, 3.63) is 23.8 Å². The number of thioether (sulfide) groups is 1. The van der Waals surface area contributed by atoms with E-state index >= 15 is 0 Å². The van der Waals surface area contributed by atoms with Crippen LogP contribution in [0.4, 0.5) is 0 Å². The van der Waals surface area contributed by atoms with E-state index in [9.17, 15) is 9.90 Å². The molecule has 148 valence electrons. The number of phenols is 1. The van der Waals surface area contributed by atoms with Gasteiger partial charge in [0.1, 0.15) is 5.75 Å². The van der Waals surface area contributed by atoms with Gasteiger partial charge in [-0.15, -0.1) is 11.8 Å². The van der Waals surface area contributed by atoms with Crippen molar-refractivity contribution in [3.63, 3.8) is 0 Å². The molecule has 0 heterocycles. The second kappa shape index (κ2) is 14.0. The first-order valence-electron chi connectivity index (χ1n) is 10.2. The molecule has 0 aromatic heterocycles. The van der Waals surface area contributed by atoms with Crippen LogP contribution in [0.2, 0.25) is 0 Å². The van der Waals surface area contributed by atoms with E-state index in [1.807, 2.05) is 12.1 Å². The van der Waals surface area contributed by atoms with Crippen LogP contribution in [-0.2, 0) is 11.2 Å². The molecule has 0 aliphatic rings. The molecule has 26 heavy (non-hydrogen) atoms. The monoisotopic (exact) mass is 380 g/mol. The number of carboxylic acid groups (broad SMARTS) is 1. The highest BCUT2D eigenvalue weighted by Gasteiger charge is 2.13. The molecule has 1 unspecified atom stereocenters. The quantitative estimate of drug-likeness (QED) is 0.263. The standard InChI is InChI=1S/C22H36O3S/c1-3-4-5-6-7-8-9-10-11-12-15-26-21-17-19(13-14-20(21)23)16-18(2)22(24)25/h13-14,17-18,23H,3-12,15-16H2,1-2H3,(H,24,25). The molecule has 0 spiro atoms. The van der Waals surface area contributed by atoms with E-state index in [1.54, 1.807) is 24.8 Å². The van der Waals surface area contributed by atoms with Crippen molar-refractivity contribution in [2.24, 2.45) is 5.92 Å². The van der Waals surface area contributed by atoms with Crippen molar-refractivity contribution in [3.8, 4) is 5.75 Å². The lowest BCUT2D eigenvalue weighted by Crippen LogP contribution is -2.12. The van der Waals surface area contributed by atoms with Gasteiger partial charge in [0.2, 0.25) is 0 Å². The van der Waals surface area contributed by atoms with Gasteiger partial charge in [-0.1, -0.05) is 77.7 Å². The van der Waals surface area contributed by atoms with Crippen LogP contribution < -0.4 is 0 Å². The number of carbonyl (C=O) groups is 1. The molecule has 0 saturated carbocycles. The fraction of sp³-hybridized carbons (Fsp3) is 0.682. The van der Waals surface area contributed by atoms with Crippen molar-refractivity contribution < 1.29 is 15.0 Å². The Balaban J connectivity index is 2.17. The number of unbranched alkanes of at least 4 members (excludes halogenated alkanes) is 9. The Hall–Kier alpha value is -1.16. The zero-order valence-electron chi connectivity index (χ0n) is 16.5. The number of hydrogen-bond acceptors (Lipinski definition) is 3. The van der Waals surface area contributed by atoms with Gasteiger partial charge in [0.25, 0.3) is 0 Å². The second-order valence-electron chi connectivity index (χ2n) is 7.28. The van der Waals surface area contributed by atoms with Crippen molar-refractivity contribution >= 4 is 17.7 Å². The SMILES string of the molecule is CCCCCCCCCCCCSc1cc(CC(C)C(=O)O)ccc1O. The zero-order chi connectivity index (χ0) is 19.2. The smallest absolute Gasteiger partial charge is 0.306 e. The van der Waals surface area contributed by atoms with Crippen molar-refractivity contribution in [2.45, 2.75) is 89.4 Å². The van der Waals surface area contributed by atoms with Crippen molar-refractivity contribution in [2.75, 3.05) is 5.75 Å². The summed E-state index contributed by atoms with van der Waals surface area (Å²) in [6.07, 6.45) is 13.8. The van der Waals surface area contributed by atoms with E-state index in [1.165, 1.54) is 57.8 Å². The summed E-state index contributed by atoms with van der Waals surface area (Å²) in [6.45, 7) is 3.97. The van der Waals surface area contributed by atoms with E-state index in [-0.39, 0.29) is 0 Å². The first kappa shape index (κ1) is 22.9. The number of phenolic OH excluding ortho intramolecular Hbond substituents is 1. The lowest BCUT2D eigenvalue weighted by Gasteiger charge is -2.10. The zero-order valence-corrected chi connectivity index (χ0v) is 17.3. The van der Waals surface area contributed by atoms with E-state index < -0.39 is 11.9 Å². The maximum Gasteiger partial charge on any atom is 0.306 e. The summed E-state index contributed by atoms with van der Waals surface area (Å²) in [6, 6.07) is 5.44. The molecule has 0 aliphatic heterocycles. The summed E-state index contributed by atoms with van der Waals surface area (Å²) >= 11 is 1.68. The molecule has 1 atom stereocenters. The highest BCUT2D eigenvalue weighted by molar-refractivity contribution is 7.99. The van der Waals surface area contributed by atoms with Gasteiger partial charge in [-0.3, -0.25) is 4.79 Å². The van der Waals surface area contributed by atoms with Crippen LogP contribution >= 0.6 is 11.8 Å². The van der Waals surface area contributed by atoms with E-state index in [0.29, 0.717) is 12.2 Å². The number of aromatic hydroxyl groups is 1. The molecule has 0 fully saturated rings. The normalized spacial score (nSPS) is 12.2. The van der Waals surface area contributed by atoms with Crippen LogP contribution in [0, 0.1) is 5.92 Å². The minimum atomic E-state index is -0.780. The van der Waals surface area contributed by atoms with E-state index in [0.717, 1.165) is 22.6 Å². The summed E-state index contributed by atoms with van der Waals surface area (Å²) in [7, 11) is 0. The molecular formula is C22H36O3S. The molecule has 0 saturated heterocycles. The molecular weight excluding hydrogens is 344 g/mol. The topological polar surface area (TPSA) is 57.5 Å². The molecule has 0 bridgehead atoms. The van der Waals surface area contributed by atoms with E-state index in [4.69, 9.17) is 5.11 Å². The molecule has 1 rings (SSSR count). The number of hydrogen-bond donors (Lipinski definition) is 2. The first-order valence-corrected chi connectivity index (χ1v) is 11.2. The summed E-state index contributed by atoms with van der Waals surface area (Å²) in [5.41, 5.74) is 0.975. The molecule has 3 nitrogen and oxygen atoms in total. The average Bonchev–Trinajstić information content (AvgIpc) is 2.62. The predicted octanol–water partition coefficient (Wildman–Crippen LogP) is 6.67. The Morgan fingerprint density at radius 3 is 2.15 bits per heavy atom. The summed E-state index contributed by atoms with van der Waals surface area (Å²) in [4.78, 5) is 11.9. The minimum Gasteiger partial charge on any atom is -0.507 e. The van der Waals surface area contributed by atoms with Gasteiger partial charge in [0.05, 0.1) is 5.92 Å². The number of aliphatic carboxylic acids is 1. The average molecular weight is 381 g/mol. The largest absolute Gasteiger partial charge is 0.507 e. The van der Waals surface area contributed by atoms with Gasteiger partial charge in [0.15, 0.2) is 0 Å². The van der Waals surface area contributed by atoms with Crippen LogP contribution in [-0.4, -0.2) is 21.9 Å². The molecule has 0 radical (unpaired) electrons. The molecule has 0 aliphatic carbocycles. The Labute approximate surface area is 163 Å². The highest BCUT2D eigenvalue weighted by atomic mass is 32.2. The van der Waals surface area contributed by atoms with Gasteiger partial charge >= 0.3 is 5.97 Å². The lowest BCUT2D eigenvalue weighted by atomic mass is 10.0. The van der Waals surface area contributed by atoms with Gasteiger partial charge < -0.3 is 10.2 Å². The fourth-order valence-corrected chi connectivity index (χ4v) is 4.03. The van der Waals surface area contributed by atoms with Crippen molar-refractivity contribution in [1.29, 1.82) is 0 Å². The van der Waals surface area contributed by atoms with Gasteiger partial charge in [-0.05, 0) is 36.3 Å². The lowest BCUT2D eigenvalue weighted by molar-refractivity contribution is -0.141. The highest BCUT2D eigenvalue weighted by Crippen LogP contribution is 2.31. The number of carboxylic acids is 1. The third-order valence-corrected chi connectivity index (χ3v) is 5.87. The Bertz CT molecular complexity index is 516. The maximum atomic E-state index is 11.0. The first-order chi connectivity index (χ1) is 12.5. The summed E-state index contributed by atoms with van der Waals surface area (Å²) in [5.74, 6) is 0.118. The summed E-state index contributed by atoms with van der Waals surface area (Å²) in [5, 5.41) is 19.0. The van der Waals surface area contributed by atoms with Crippen LogP contribution in [0.15, 0.2) is 23.1 Å². The van der Waals surface area contributed by atoms with Gasteiger partial charge in [-0.25, -0.2) is 0 Å². The molecule has 0 amide bonds. The Morgan fingerprint density at radius 1 is 1.00 bits per heavy atom. The van der Waals surface area contributed by atoms with Gasteiger partial charge in [0, 0.05) is 4.90 Å². The fourth-order valence-electron chi connectivity index (χ4n) is 3.01. The summed E-state index contributed by atoms with van der Waals surface area (Å²) < 4.78 is 0. The van der Waals surface area contributed by atoms with Crippen molar-refractivity contribution in [1.82, 2.24) is 0 Å². The maximum absolute atomic E-state index is 11.0. The molecule has 1 aromatic carbocycles. The number of benzene rings is 1. The van der Waals surface area contributed by atoms with Crippen LogP contribution in [0.5, 0.6) is 5.75 Å². The molecule has 4 heteroatoms. The van der Waals surface area contributed by atoms with E-state index in [2.05, 4.69) is 6.92 Å². The van der Waals surface area contributed by atoms with Crippen LogP contribution in [0.3, 0.4) is 0 Å². The Kier molecular flexibility index (Phi) is 12.3. The number of rotatable bonds is 15. The second-order valence-corrected chi connectivity index (χ2v) is 8.41.